The fraction of sp³-hybridized carbons (Fsp3) is 0.125. The Labute approximate surface area is 118 Å². The highest BCUT2D eigenvalue weighted by Crippen LogP contribution is 2.07. The second-order valence-electron chi connectivity index (χ2n) is 4.06. The number of nitrogens with zero attached hydrogens (tertiary/aromatic N) is 1. The Hall–Kier alpha value is -2.62. The molecule has 1 aromatic carbocycles. The molecule has 0 saturated carbocycles. The summed E-state index contributed by atoms with van der Waals surface area (Å²) in [5, 5.41) is 11.9. The van der Waals surface area contributed by atoms with E-state index in [-0.39, 0.29) is 0 Å². The van der Waals surface area contributed by atoms with Crippen LogP contribution in [0.5, 0.6) is 0 Å². The Bertz CT molecular complexity index is 557. The molecule has 0 amide bonds. The summed E-state index contributed by atoms with van der Waals surface area (Å²) in [5.74, 6) is -0.998. The highest BCUT2D eigenvalue weighted by Gasteiger charge is 1.99. The van der Waals surface area contributed by atoms with Crippen LogP contribution in [0.3, 0.4) is 0 Å². The Balaban J connectivity index is 2.73. The number of nitrogens with one attached hydrogen (secondary N) is 1. The van der Waals surface area contributed by atoms with Gasteiger partial charge in [-0.05, 0) is 30.2 Å². The second kappa shape index (κ2) is 8.48. The van der Waals surface area contributed by atoms with Crippen LogP contribution in [0, 0.1) is 6.92 Å². The van der Waals surface area contributed by atoms with E-state index in [9.17, 15) is 4.79 Å². The Morgan fingerprint density at radius 3 is 2.85 bits per heavy atom. The fourth-order valence-corrected chi connectivity index (χ4v) is 1.55. The van der Waals surface area contributed by atoms with Gasteiger partial charge in [-0.3, -0.25) is 4.99 Å². The number of aryl methyl sites for hydroxylation is 1. The third-order valence-electron chi connectivity index (χ3n) is 2.58. The minimum Gasteiger partial charge on any atom is -0.478 e. The summed E-state index contributed by atoms with van der Waals surface area (Å²) in [5.41, 5.74) is 2.79. The quantitative estimate of drug-likeness (QED) is 0.455. The van der Waals surface area contributed by atoms with Crippen LogP contribution in [0.2, 0.25) is 0 Å². The number of aliphatic imine (C=N–C) groups is 1. The van der Waals surface area contributed by atoms with Crippen LogP contribution in [0.15, 0.2) is 66.0 Å². The molecule has 0 atom stereocenters. The molecule has 4 heteroatoms. The Morgan fingerprint density at radius 2 is 2.20 bits per heavy atom. The van der Waals surface area contributed by atoms with Gasteiger partial charge in [0.1, 0.15) is 0 Å². The number of aliphatic carboxylic acids is 1. The van der Waals surface area contributed by atoms with Gasteiger partial charge in [0.15, 0.2) is 0 Å². The number of hydrogen-bond acceptors (Lipinski definition) is 3. The number of carbonyl (C=O) groups is 1. The molecule has 0 aliphatic rings. The van der Waals surface area contributed by atoms with Crippen molar-refractivity contribution in [1.29, 1.82) is 0 Å². The number of benzene rings is 1. The van der Waals surface area contributed by atoms with Gasteiger partial charge in [-0.1, -0.05) is 30.8 Å². The van der Waals surface area contributed by atoms with E-state index in [0.29, 0.717) is 12.2 Å². The predicted octanol–water partition coefficient (Wildman–Crippen LogP) is 2.82. The molecule has 1 aromatic rings. The maximum Gasteiger partial charge on any atom is 0.330 e. The molecule has 4 nitrogen and oxygen atoms in total. The SMILES string of the molecule is C=CN=C/C=C\C(=C\C(=O)O)NCc1ccccc1C. The molecule has 0 aliphatic heterocycles. The van der Waals surface area contributed by atoms with E-state index in [1.54, 1.807) is 12.2 Å². The van der Waals surface area contributed by atoms with Crippen molar-refractivity contribution in [1.82, 2.24) is 5.32 Å². The van der Waals surface area contributed by atoms with Crippen molar-refractivity contribution in [3.63, 3.8) is 0 Å². The van der Waals surface area contributed by atoms with Crippen LogP contribution in [0.25, 0.3) is 0 Å². The first-order chi connectivity index (χ1) is 9.63. The van der Waals surface area contributed by atoms with Gasteiger partial charge in [0.25, 0.3) is 0 Å². The number of rotatable bonds is 7. The molecule has 104 valence electrons. The maximum atomic E-state index is 10.8. The van der Waals surface area contributed by atoms with Crippen LogP contribution in [0.4, 0.5) is 0 Å². The highest BCUT2D eigenvalue weighted by atomic mass is 16.4. The van der Waals surface area contributed by atoms with Gasteiger partial charge in [0.2, 0.25) is 0 Å². The van der Waals surface area contributed by atoms with Gasteiger partial charge in [-0.15, -0.1) is 0 Å². The van der Waals surface area contributed by atoms with Gasteiger partial charge >= 0.3 is 5.97 Å². The lowest BCUT2D eigenvalue weighted by atomic mass is 10.1. The monoisotopic (exact) mass is 270 g/mol. The molecule has 0 radical (unpaired) electrons. The topological polar surface area (TPSA) is 61.7 Å². The van der Waals surface area contributed by atoms with Gasteiger partial charge in [0.05, 0.1) is 0 Å². The predicted molar refractivity (Wildman–Crippen MR) is 81.6 cm³/mol. The van der Waals surface area contributed by atoms with Crippen molar-refractivity contribution >= 4 is 12.2 Å². The molecule has 20 heavy (non-hydrogen) atoms. The summed E-state index contributed by atoms with van der Waals surface area (Å²) in [6.07, 6.45) is 7.38. The van der Waals surface area contributed by atoms with Crippen molar-refractivity contribution in [3.8, 4) is 0 Å². The van der Waals surface area contributed by atoms with E-state index in [1.807, 2.05) is 31.2 Å². The first-order valence-electron chi connectivity index (χ1n) is 6.17. The van der Waals surface area contributed by atoms with E-state index < -0.39 is 5.97 Å². The molecule has 0 aliphatic carbocycles. The van der Waals surface area contributed by atoms with Crippen molar-refractivity contribution in [2.75, 3.05) is 0 Å². The number of hydrogen-bond donors (Lipinski definition) is 2. The maximum absolute atomic E-state index is 10.8. The minimum absolute atomic E-state index is 0.510. The Kier molecular flexibility index (Phi) is 6.54. The third kappa shape index (κ3) is 5.82. The van der Waals surface area contributed by atoms with E-state index in [0.717, 1.165) is 17.2 Å². The lowest BCUT2D eigenvalue weighted by Gasteiger charge is -2.09. The smallest absolute Gasteiger partial charge is 0.330 e. The third-order valence-corrected chi connectivity index (χ3v) is 2.58. The lowest BCUT2D eigenvalue weighted by Crippen LogP contribution is -2.13. The molecule has 0 fully saturated rings. The lowest BCUT2D eigenvalue weighted by molar-refractivity contribution is -0.131. The van der Waals surface area contributed by atoms with Crippen molar-refractivity contribution in [2.45, 2.75) is 13.5 Å². The molecule has 0 aromatic heterocycles. The number of allylic oxidation sites excluding steroid dienone is 2. The van der Waals surface area contributed by atoms with Crippen molar-refractivity contribution in [2.24, 2.45) is 4.99 Å². The van der Waals surface area contributed by atoms with Crippen molar-refractivity contribution in [3.05, 3.63) is 72.1 Å². The van der Waals surface area contributed by atoms with Gasteiger partial charge < -0.3 is 10.4 Å². The molecule has 0 unspecified atom stereocenters. The first-order valence-corrected chi connectivity index (χ1v) is 6.17. The van der Waals surface area contributed by atoms with Gasteiger partial charge in [-0.25, -0.2) is 4.79 Å². The van der Waals surface area contributed by atoms with Crippen LogP contribution < -0.4 is 5.32 Å². The molecular weight excluding hydrogens is 252 g/mol. The van der Waals surface area contributed by atoms with Crippen molar-refractivity contribution < 1.29 is 9.90 Å². The summed E-state index contributed by atoms with van der Waals surface area (Å²) < 4.78 is 0. The summed E-state index contributed by atoms with van der Waals surface area (Å²) in [6, 6.07) is 7.95. The average molecular weight is 270 g/mol. The highest BCUT2D eigenvalue weighted by molar-refractivity contribution is 5.81. The average Bonchev–Trinajstić information content (AvgIpc) is 2.41. The van der Waals surface area contributed by atoms with Crippen LogP contribution >= 0.6 is 0 Å². The zero-order valence-electron chi connectivity index (χ0n) is 11.4. The molecule has 0 bridgehead atoms. The van der Waals surface area contributed by atoms with E-state index in [2.05, 4.69) is 16.9 Å². The summed E-state index contributed by atoms with van der Waals surface area (Å²) >= 11 is 0. The van der Waals surface area contributed by atoms with Crippen LogP contribution in [-0.4, -0.2) is 17.3 Å². The first kappa shape index (κ1) is 15.4. The summed E-state index contributed by atoms with van der Waals surface area (Å²) in [6.45, 7) is 6.04. The molecule has 2 N–H and O–H groups in total. The summed E-state index contributed by atoms with van der Waals surface area (Å²) in [7, 11) is 0. The van der Waals surface area contributed by atoms with E-state index in [1.165, 1.54) is 12.4 Å². The second-order valence-corrected chi connectivity index (χ2v) is 4.06. The van der Waals surface area contributed by atoms with E-state index >= 15 is 0 Å². The fourth-order valence-electron chi connectivity index (χ4n) is 1.55. The zero-order valence-corrected chi connectivity index (χ0v) is 11.4. The summed E-state index contributed by atoms with van der Waals surface area (Å²) in [4.78, 5) is 14.6. The van der Waals surface area contributed by atoms with Gasteiger partial charge in [-0.2, -0.15) is 0 Å². The molecule has 1 rings (SSSR count). The zero-order chi connectivity index (χ0) is 14.8. The molecule has 0 heterocycles. The largest absolute Gasteiger partial charge is 0.478 e. The van der Waals surface area contributed by atoms with Crippen LogP contribution in [0.1, 0.15) is 11.1 Å². The van der Waals surface area contributed by atoms with E-state index in [4.69, 9.17) is 5.11 Å². The normalized spacial score (nSPS) is 11.9. The molecule has 0 saturated heterocycles. The molecule has 0 spiro atoms. The standard InChI is InChI=1S/C16H18N2O2/c1-3-17-10-6-9-15(11-16(19)20)18-12-14-8-5-4-7-13(14)2/h3-11,18H,1,12H2,2H3,(H,19,20)/b9-6-,15-11-,17-10?. The van der Waals surface area contributed by atoms with Crippen LogP contribution in [-0.2, 0) is 11.3 Å². The Morgan fingerprint density at radius 1 is 1.45 bits per heavy atom. The minimum atomic E-state index is -0.998. The molecular formula is C16H18N2O2. The number of carboxylic acids is 1. The number of carboxylic acid groups (broad SMARTS) is 1. The van der Waals surface area contributed by atoms with Gasteiger partial charge in [0, 0.05) is 30.7 Å².